The van der Waals surface area contributed by atoms with E-state index in [0.29, 0.717) is 6.54 Å². The van der Waals surface area contributed by atoms with Crippen LogP contribution in [0.15, 0.2) is 18.2 Å². The van der Waals surface area contributed by atoms with Crippen LogP contribution in [0.3, 0.4) is 0 Å². The molecule has 1 aliphatic rings. The van der Waals surface area contributed by atoms with Gasteiger partial charge in [-0.3, -0.25) is 4.79 Å². The number of carbonyl (C=O) groups excluding carboxylic acids is 1. The summed E-state index contributed by atoms with van der Waals surface area (Å²) in [6, 6.07) is 2.85. The number of halogens is 3. The molecule has 1 unspecified atom stereocenters. The second kappa shape index (κ2) is 6.56. The van der Waals surface area contributed by atoms with Crippen molar-refractivity contribution in [3.8, 4) is 5.75 Å². The number of amides is 1. The maximum absolute atomic E-state index is 12.8. The third-order valence-electron chi connectivity index (χ3n) is 3.73. The minimum Gasteiger partial charge on any atom is -0.496 e. The van der Waals surface area contributed by atoms with Crippen LogP contribution >= 0.6 is 0 Å². The van der Waals surface area contributed by atoms with Gasteiger partial charge in [0.1, 0.15) is 5.75 Å². The summed E-state index contributed by atoms with van der Waals surface area (Å²) in [6.45, 7) is 1.65. The summed E-state index contributed by atoms with van der Waals surface area (Å²) in [5.74, 6) is -0.405. The van der Waals surface area contributed by atoms with Crippen LogP contribution in [0, 0.1) is 0 Å². The molecule has 4 nitrogen and oxygen atoms in total. The van der Waals surface area contributed by atoms with Crippen LogP contribution in [0.25, 0.3) is 0 Å². The lowest BCUT2D eigenvalue weighted by molar-refractivity contribution is -0.137. The van der Waals surface area contributed by atoms with Crippen LogP contribution < -0.4 is 10.1 Å². The molecule has 1 atom stereocenters. The SMILES string of the molecule is COc1ccc(C(F)(F)F)cc1C(=O)NC1CCCN(C)C1. The van der Waals surface area contributed by atoms with Crippen molar-refractivity contribution in [1.82, 2.24) is 10.2 Å². The Morgan fingerprint density at radius 2 is 2.14 bits per heavy atom. The molecular formula is C15H19F3N2O2. The highest BCUT2D eigenvalue weighted by atomic mass is 19.4. The quantitative estimate of drug-likeness (QED) is 0.932. The number of rotatable bonds is 3. The lowest BCUT2D eigenvalue weighted by atomic mass is 10.0. The summed E-state index contributed by atoms with van der Waals surface area (Å²) in [5, 5.41) is 2.79. The van der Waals surface area contributed by atoms with Crippen LogP contribution in [0.2, 0.25) is 0 Å². The first-order valence-corrected chi connectivity index (χ1v) is 7.06. The Hall–Kier alpha value is -1.76. The van der Waals surface area contributed by atoms with Crippen molar-refractivity contribution in [2.75, 3.05) is 27.2 Å². The van der Waals surface area contributed by atoms with E-state index < -0.39 is 17.6 Å². The predicted octanol–water partition coefficient (Wildman–Crippen LogP) is 2.54. The Morgan fingerprint density at radius 3 is 2.73 bits per heavy atom. The van der Waals surface area contributed by atoms with Crippen molar-refractivity contribution in [2.45, 2.75) is 25.1 Å². The maximum atomic E-state index is 12.8. The number of alkyl halides is 3. The molecule has 1 heterocycles. The summed E-state index contributed by atoms with van der Waals surface area (Å²) >= 11 is 0. The van der Waals surface area contributed by atoms with E-state index in [1.165, 1.54) is 13.2 Å². The zero-order valence-electron chi connectivity index (χ0n) is 12.5. The minimum absolute atomic E-state index is 0.0644. The number of piperidine rings is 1. The van der Waals surface area contributed by atoms with Crippen molar-refractivity contribution in [1.29, 1.82) is 0 Å². The van der Waals surface area contributed by atoms with Crippen LogP contribution in [0.4, 0.5) is 13.2 Å². The molecule has 7 heteroatoms. The Bertz CT molecular complexity index is 546. The van der Waals surface area contributed by atoms with Crippen molar-refractivity contribution < 1.29 is 22.7 Å². The summed E-state index contributed by atoms with van der Waals surface area (Å²) in [4.78, 5) is 14.4. The molecule has 1 fully saturated rings. The van der Waals surface area contributed by atoms with E-state index in [4.69, 9.17) is 4.74 Å². The summed E-state index contributed by atoms with van der Waals surface area (Å²) in [7, 11) is 3.27. The third-order valence-corrected chi connectivity index (χ3v) is 3.73. The molecule has 1 saturated heterocycles. The summed E-state index contributed by atoms with van der Waals surface area (Å²) < 4.78 is 43.4. The fourth-order valence-electron chi connectivity index (χ4n) is 2.61. The van der Waals surface area contributed by atoms with Crippen molar-refractivity contribution in [3.63, 3.8) is 0 Å². The number of nitrogens with one attached hydrogen (secondary N) is 1. The normalized spacial score (nSPS) is 19.8. The van der Waals surface area contributed by atoms with Gasteiger partial charge in [0.2, 0.25) is 0 Å². The van der Waals surface area contributed by atoms with E-state index in [1.807, 2.05) is 7.05 Å². The van der Waals surface area contributed by atoms with Crippen molar-refractivity contribution >= 4 is 5.91 Å². The second-order valence-electron chi connectivity index (χ2n) is 5.49. The number of benzene rings is 1. The molecule has 22 heavy (non-hydrogen) atoms. The molecule has 1 amide bonds. The van der Waals surface area contributed by atoms with Gasteiger partial charge in [-0.05, 0) is 44.6 Å². The maximum Gasteiger partial charge on any atom is 0.416 e. The summed E-state index contributed by atoms with van der Waals surface area (Å²) in [6.07, 6.45) is -2.73. The van der Waals surface area contributed by atoms with Crippen LogP contribution in [-0.2, 0) is 6.18 Å². The van der Waals surface area contributed by atoms with Crippen LogP contribution in [0.5, 0.6) is 5.75 Å². The van der Waals surface area contributed by atoms with Gasteiger partial charge in [0.25, 0.3) is 5.91 Å². The van der Waals surface area contributed by atoms with Gasteiger partial charge in [-0.15, -0.1) is 0 Å². The average molecular weight is 316 g/mol. The van der Waals surface area contributed by atoms with Gasteiger partial charge in [0.05, 0.1) is 18.2 Å². The summed E-state index contributed by atoms with van der Waals surface area (Å²) in [5.41, 5.74) is -0.954. The number of likely N-dealkylation sites (N-methyl/N-ethyl adjacent to an activating group) is 1. The molecule has 0 radical (unpaired) electrons. The number of methoxy groups -OCH3 is 1. The van der Waals surface area contributed by atoms with E-state index in [1.54, 1.807) is 0 Å². The molecule has 1 aromatic carbocycles. The van der Waals surface area contributed by atoms with E-state index in [9.17, 15) is 18.0 Å². The Kier molecular flexibility index (Phi) is 4.95. The highest BCUT2D eigenvalue weighted by Gasteiger charge is 2.32. The molecule has 0 saturated carbocycles. The van der Waals surface area contributed by atoms with Crippen molar-refractivity contribution in [3.05, 3.63) is 29.3 Å². The predicted molar refractivity (Wildman–Crippen MR) is 76.0 cm³/mol. The smallest absolute Gasteiger partial charge is 0.416 e. The van der Waals surface area contributed by atoms with Crippen LogP contribution in [0.1, 0.15) is 28.8 Å². The van der Waals surface area contributed by atoms with Gasteiger partial charge < -0.3 is 15.0 Å². The third kappa shape index (κ3) is 3.91. The fraction of sp³-hybridized carbons (Fsp3) is 0.533. The highest BCUT2D eigenvalue weighted by Crippen LogP contribution is 2.32. The molecule has 122 valence electrons. The van der Waals surface area contributed by atoms with Gasteiger partial charge in [0.15, 0.2) is 0 Å². The van der Waals surface area contributed by atoms with Gasteiger partial charge >= 0.3 is 6.18 Å². The average Bonchev–Trinajstić information content (AvgIpc) is 2.45. The monoisotopic (exact) mass is 316 g/mol. The Labute approximate surface area is 127 Å². The molecule has 1 N–H and O–H groups in total. The highest BCUT2D eigenvalue weighted by molar-refractivity contribution is 5.97. The Morgan fingerprint density at radius 1 is 1.41 bits per heavy atom. The van der Waals surface area contributed by atoms with Crippen LogP contribution in [-0.4, -0.2) is 44.1 Å². The van der Waals surface area contributed by atoms with E-state index in [2.05, 4.69) is 10.2 Å². The molecule has 0 bridgehead atoms. The molecule has 0 aromatic heterocycles. The number of likely N-dealkylation sites (tertiary alicyclic amines) is 1. The van der Waals surface area contributed by atoms with E-state index in [-0.39, 0.29) is 17.4 Å². The molecule has 0 spiro atoms. The number of hydrogen-bond acceptors (Lipinski definition) is 3. The standard InChI is InChI=1S/C15H19F3N2O2/c1-20-7-3-4-11(9-20)19-14(21)12-8-10(15(16,17)18)5-6-13(12)22-2/h5-6,8,11H,3-4,7,9H2,1-2H3,(H,19,21). The largest absolute Gasteiger partial charge is 0.496 e. The first-order valence-electron chi connectivity index (χ1n) is 7.06. The number of carbonyl (C=O) groups is 1. The van der Waals surface area contributed by atoms with Gasteiger partial charge in [-0.2, -0.15) is 13.2 Å². The lowest BCUT2D eigenvalue weighted by Gasteiger charge is -2.30. The topological polar surface area (TPSA) is 41.6 Å². The lowest BCUT2D eigenvalue weighted by Crippen LogP contribution is -2.46. The zero-order chi connectivity index (χ0) is 16.3. The number of hydrogen-bond donors (Lipinski definition) is 1. The zero-order valence-corrected chi connectivity index (χ0v) is 12.5. The molecule has 0 aliphatic carbocycles. The molecule has 2 rings (SSSR count). The molecular weight excluding hydrogens is 297 g/mol. The van der Waals surface area contributed by atoms with Gasteiger partial charge in [-0.1, -0.05) is 0 Å². The van der Waals surface area contributed by atoms with E-state index in [0.717, 1.165) is 31.5 Å². The number of nitrogens with zero attached hydrogens (tertiary/aromatic N) is 1. The van der Waals surface area contributed by atoms with Gasteiger partial charge in [0, 0.05) is 12.6 Å². The number of ether oxygens (including phenoxy) is 1. The Balaban J connectivity index is 2.20. The van der Waals surface area contributed by atoms with Crippen molar-refractivity contribution in [2.24, 2.45) is 0 Å². The second-order valence-corrected chi connectivity index (χ2v) is 5.49. The fourth-order valence-corrected chi connectivity index (χ4v) is 2.61. The first kappa shape index (κ1) is 16.6. The molecule has 1 aliphatic heterocycles. The first-order chi connectivity index (χ1) is 10.3. The van der Waals surface area contributed by atoms with Gasteiger partial charge in [-0.25, -0.2) is 0 Å². The molecule has 1 aromatic rings. The van der Waals surface area contributed by atoms with E-state index >= 15 is 0 Å². The minimum atomic E-state index is -4.49.